The molecule has 0 aliphatic heterocycles. The Hall–Kier alpha value is -2.61. The van der Waals surface area contributed by atoms with Gasteiger partial charge in [0.2, 0.25) is 5.91 Å². The monoisotopic (exact) mass is 378 g/mol. The first kappa shape index (κ1) is 20.7. The number of hydrogen-bond acceptors (Lipinski definition) is 6. The summed E-state index contributed by atoms with van der Waals surface area (Å²) in [5.74, 6) is -0.841. The zero-order valence-corrected chi connectivity index (χ0v) is 15.5. The SMILES string of the molecule is COC(=O)[C@H](CC1CC1)NC(=O)[C@@H](NC(=O)OCc1ccccc1)[C@@H](C)O. The number of methoxy groups -OCH3 is 1. The van der Waals surface area contributed by atoms with Crippen LogP contribution in [0.15, 0.2) is 30.3 Å². The van der Waals surface area contributed by atoms with Crippen LogP contribution in [0.1, 0.15) is 31.7 Å². The highest BCUT2D eigenvalue weighted by Gasteiger charge is 2.34. The zero-order chi connectivity index (χ0) is 19.8. The van der Waals surface area contributed by atoms with Gasteiger partial charge in [0, 0.05) is 0 Å². The lowest BCUT2D eigenvalue weighted by molar-refractivity contribution is -0.146. The van der Waals surface area contributed by atoms with Gasteiger partial charge in [-0.1, -0.05) is 43.2 Å². The second-order valence-electron chi connectivity index (χ2n) is 6.69. The third-order valence-corrected chi connectivity index (χ3v) is 4.32. The first-order valence-corrected chi connectivity index (χ1v) is 8.94. The van der Waals surface area contributed by atoms with Crippen molar-refractivity contribution in [1.82, 2.24) is 10.6 Å². The van der Waals surface area contributed by atoms with E-state index in [1.54, 1.807) is 12.1 Å². The lowest BCUT2D eigenvalue weighted by Gasteiger charge is -2.23. The lowest BCUT2D eigenvalue weighted by atomic mass is 10.1. The number of esters is 1. The minimum atomic E-state index is -1.25. The molecular weight excluding hydrogens is 352 g/mol. The standard InChI is InChI=1S/C19H26N2O6/c1-12(22)16(21-19(25)27-11-14-6-4-3-5-7-14)17(23)20-15(18(24)26-2)10-13-8-9-13/h3-7,12-13,15-16,22H,8-11H2,1-2H3,(H,20,23)(H,21,25)/t12-,15+,16+/m1/s1. The average molecular weight is 378 g/mol. The van der Waals surface area contributed by atoms with E-state index in [4.69, 9.17) is 9.47 Å². The van der Waals surface area contributed by atoms with Crippen LogP contribution in [-0.2, 0) is 25.7 Å². The van der Waals surface area contributed by atoms with Crippen molar-refractivity contribution in [2.45, 2.75) is 51.0 Å². The number of rotatable bonds is 9. The summed E-state index contributed by atoms with van der Waals surface area (Å²) in [6.07, 6.45) is 0.481. The summed E-state index contributed by atoms with van der Waals surface area (Å²) in [5, 5.41) is 14.8. The molecule has 0 bridgehead atoms. The van der Waals surface area contributed by atoms with Crippen molar-refractivity contribution in [3.05, 3.63) is 35.9 Å². The Balaban J connectivity index is 1.90. The van der Waals surface area contributed by atoms with E-state index < -0.39 is 36.2 Å². The van der Waals surface area contributed by atoms with E-state index in [2.05, 4.69) is 10.6 Å². The molecule has 1 aliphatic rings. The van der Waals surface area contributed by atoms with Crippen molar-refractivity contribution < 1.29 is 29.0 Å². The fraction of sp³-hybridized carbons (Fsp3) is 0.526. The highest BCUT2D eigenvalue weighted by molar-refractivity contribution is 5.90. The Bertz CT molecular complexity index is 645. The maximum Gasteiger partial charge on any atom is 0.408 e. The number of ether oxygens (including phenoxy) is 2. The third-order valence-electron chi connectivity index (χ3n) is 4.32. The van der Waals surface area contributed by atoms with Crippen LogP contribution in [0.4, 0.5) is 4.79 Å². The number of amides is 2. The van der Waals surface area contributed by atoms with Crippen LogP contribution < -0.4 is 10.6 Å². The molecule has 1 fully saturated rings. The number of benzene rings is 1. The number of carbonyl (C=O) groups is 3. The van der Waals surface area contributed by atoms with Gasteiger partial charge in [-0.2, -0.15) is 0 Å². The molecule has 3 N–H and O–H groups in total. The second kappa shape index (κ2) is 9.91. The molecular formula is C19H26N2O6. The van der Waals surface area contributed by atoms with E-state index >= 15 is 0 Å². The van der Waals surface area contributed by atoms with E-state index in [0.717, 1.165) is 18.4 Å². The predicted molar refractivity (Wildman–Crippen MR) is 96.5 cm³/mol. The van der Waals surface area contributed by atoms with Crippen LogP contribution in [0.3, 0.4) is 0 Å². The molecule has 2 rings (SSSR count). The fourth-order valence-electron chi connectivity index (χ4n) is 2.60. The Labute approximate surface area is 158 Å². The summed E-state index contributed by atoms with van der Waals surface area (Å²) < 4.78 is 9.80. The minimum absolute atomic E-state index is 0.0350. The Morgan fingerprint density at radius 2 is 1.85 bits per heavy atom. The van der Waals surface area contributed by atoms with Crippen LogP contribution in [-0.4, -0.2) is 48.4 Å². The molecule has 0 spiro atoms. The van der Waals surface area contributed by atoms with Gasteiger partial charge in [0.15, 0.2) is 0 Å². The number of alkyl carbamates (subject to hydrolysis) is 1. The quantitative estimate of drug-likeness (QED) is 0.555. The molecule has 148 valence electrons. The highest BCUT2D eigenvalue weighted by atomic mass is 16.5. The summed E-state index contributed by atoms with van der Waals surface area (Å²) in [6.45, 7) is 1.41. The van der Waals surface area contributed by atoms with Crippen molar-refractivity contribution in [2.24, 2.45) is 5.92 Å². The van der Waals surface area contributed by atoms with Gasteiger partial charge in [-0.15, -0.1) is 0 Å². The fourth-order valence-corrected chi connectivity index (χ4v) is 2.60. The Kier molecular flexibility index (Phi) is 7.60. The lowest BCUT2D eigenvalue weighted by Crippen LogP contribution is -2.56. The molecule has 0 saturated heterocycles. The normalized spacial score (nSPS) is 16.6. The van der Waals surface area contributed by atoms with E-state index in [9.17, 15) is 19.5 Å². The van der Waals surface area contributed by atoms with Gasteiger partial charge in [-0.25, -0.2) is 9.59 Å². The third kappa shape index (κ3) is 6.90. The van der Waals surface area contributed by atoms with Crippen molar-refractivity contribution in [3.63, 3.8) is 0 Å². The molecule has 27 heavy (non-hydrogen) atoms. The van der Waals surface area contributed by atoms with Gasteiger partial charge in [-0.3, -0.25) is 4.79 Å². The maximum atomic E-state index is 12.5. The number of hydrogen-bond donors (Lipinski definition) is 3. The molecule has 0 radical (unpaired) electrons. The summed E-state index contributed by atoms with van der Waals surface area (Å²) in [4.78, 5) is 36.3. The second-order valence-corrected chi connectivity index (χ2v) is 6.69. The molecule has 1 aromatic rings. The topological polar surface area (TPSA) is 114 Å². The number of aliphatic hydroxyl groups is 1. The van der Waals surface area contributed by atoms with Crippen LogP contribution >= 0.6 is 0 Å². The summed E-state index contributed by atoms with van der Waals surface area (Å²) in [5.41, 5.74) is 0.792. The van der Waals surface area contributed by atoms with Crippen molar-refractivity contribution in [2.75, 3.05) is 7.11 Å². The smallest absolute Gasteiger partial charge is 0.408 e. The molecule has 0 heterocycles. The molecule has 1 saturated carbocycles. The highest BCUT2D eigenvalue weighted by Crippen LogP contribution is 2.33. The zero-order valence-electron chi connectivity index (χ0n) is 15.5. The largest absolute Gasteiger partial charge is 0.467 e. The number of nitrogens with one attached hydrogen (secondary N) is 2. The van der Waals surface area contributed by atoms with Gasteiger partial charge in [0.05, 0.1) is 13.2 Å². The molecule has 8 nitrogen and oxygen atoms in total. The Morgan fingerprint density at radius 3 is 2.41 bits per heavy atom. The van der Waals surface area contributed by atoms with Gasteiger partial charge >= 0.3 is 12.1 Å². The van der Waals surface area contributed by atoms with Crippen molar-refractivity contribution in [1.29, 1.82) is 0 Å². The van der Waals surface area contributed by atoms with Crippen molar-refractivity contribution in [3.8, 4) is 0 Å². The van der Waals surface area contributed by atoms with Crippen molar-refractivity contribution >= 4 is 18.0 Å². The molecule has 1 aromatic carbocycles. The molecule has 0 aromatic heterocycles. The minimum Gasteiger partial charge on any atom is -0.467 e. The van der Waals surface area contributed by atoms with E-state index in [-0.39, 0.29) is 6.61 Å². The van der Waals surface area contributed by atoms with Crippen LogP contribution in [0.25, 0.3) is 0 Å². The summed E-state index contributed by atoms with van der Waals surface area (Å²) >= 11 is 0. The van der Waals surface area contributed by atoms with E-state index in [0.29, 0.717) is 12.3 Å². The van der Waals surface area contributed by atoms with Gasteiger partial charge in [-0.05, 0) is 24.8 Å². The van der Waals surface area contributed by atoms with Gasteiger partial charge < -0.3 is 25.2 Å². The number of carbonyl (C=O) groups excluding carboxylic acids is 3. The van der Waals surface area contributed by atoms with Crippen LogP contribution in [0.2, 0.25) is 0 Å². The first-order valence-electron chi connectivity index (χ1n) is 8.94. The molecule has 3 atom stereocenters. The average Bonchev–Trinajstić information content (AvgIpc) is 3.47. The van der Waals surface area contributed by atoms with E-state index in [1.807, 2.05) is 18.2 Å². The summed E-state index contributed by atoms with van der Waals surface area (Å²) in [6, 6.07) is 7.01. The van der Waals surface area contributed by atoms with Gasteiger partial charge in [0.1, 0.15) is 18.7 Å². The molecule has 2 amide bonds. The van der Waals surface area contributed by atoms with Crippen LogP contribution in [0, 0.1) is 5.92 Å². The Morgan fingerprint density at radius 1 is 1.19 bits per heavy atom. The predicted octanol–water partition coefficient (Wildman–Crippen LogP) is 1.12. The van der Waals surface area contributed by atoms with E-state index in [1.165, 1.54) is 14.0 Å². The number of aliphatic hydroxyl groups excluding tert-OH is 1. The van der Waals surface area contributed by atoms with Gasteiger partial charge in [0.25, 0.3) is 0 Å². The maximum absolute atomic E-state index is 12.5. The molecule has 0 unspecified atom stereocenters. The van der Waals surface area contributed by atoms with Crippen LogP contribution in [0.5, 0.6) is 0 Å². The molecule has 8 heteroatoms. The molecule has 1 aliphatic carbocycles. The summed E-state index contributed by atoms with van der Waals surface area (Å²) in [7, 11) is 1.25. The first-order chi connectivity index (χ1) is 12.9.